The molecule has 0 radical (unpaired) electrons. The molecule has 2 rings (SSSR count). The summed E-state index contributed by atoms with van der Waals surface area (Å²) >= 11 is 0. The van der Waals surface area contributed by atoms with Crippen molar-refractivity contribution in [3.8, 4) is 0 Å². The van der Waals surface area contributed by atoms with Gasteiger partial charge in [0.25, 0.3) is 0 Å². The molecule has 0 saturated carbocycles. The van der Waals surface area contributed by atoms with Crippen LogP contribution in [0.5, 0.6) is 0 Å². The van der Waals surface area contributed by atoms with Crippen LogP contribution in [0.15, 0.2) is 24.3 Å². The number of hydrogen-bond donors (Lipinski definition) is 2. The maximum Gasteiger partial charge on any atom is 0.322 e. The largest absolute Gasteiger partial charge is 0.399 e. The minimum absolute atomic E-state index is 0.102. The van der Waals surface area contributed by atoms with Gasteiger partial charge in [-0.3, -0.25) is 0 Å². The Bertz CT molecular complexity index is 408. The molecule has 5 nitrogen and oxygen atoms in total. The Labute approximate surface area is 101 Å². The number of nitrogen functional groups attached to an aromatic ring is 1. The van der Waals surface area contributed by atoms with E-state index >= 15 is 0 Å². The number of urea groups is 1. The maximum atomic E-state index is 12.0. The molecule has 0 aliphatic carbocycles. The monoisotopic (exact) mass is 235 g/mol. The number of rotatable bonds is 1. The molecule has 17 heavy (non-hydrogen) atoms. The van der Waals surface area contributed by atoms with Crippen LogP contribution >= 0.6 is 0 Å². The van der Waals surface area contributed by atoms with Crippen LogP contribution in [-0.4, -0.2) is 36.7 Å². The second kappa shape index (κ2) is 5.05. The average Bonchev–Trinajstić information content (AvgIpc) is 2.29. The molecule has 2 amide bonds. The van der Waals surface area contributed by atoms with Crippen molar-refractivity contribution in [2.45, 2.75) is 13.0 Å². The lowest BCUT2D eigenvalue weighted by Crippen LogP contribution is -2.48. The fourth-order valence-electron chi connectivity index (χ4n) is 1.84. The number of hydrogen-bond acceptors (Lipinski definition) is 3. The third kappa shape index (κ3) is 2.88. The van der Waals surface area contributed by atoms with Gasteiger partial charge < -0.3 is 20.7 Å². The number of morpholine rings is 1. The molecule has 1 aliphatic rings. The van der Waals surface area contributed by atoms with Gasteiger partial charge in [0.05, 0.1) is 19.3 Å². The fraction of sp³-hybridized carbons (Fsp3) is 0.417. The molecule has 1 heterocycles. The van der Waals surface area contributed by atoms with Crippen molar-refractivity contribution in [1.82, 2.24) is 4.90 Å². The predicted molar refractivity (Wildman–Crippen MR) is 66.9 cm³/mol. The highest BCUT2D eigenvalue weighted by molar-refractivity contribution is 5.90. The summed E-state index contributed by atoms with van der Waals surface area (Å²) < 4.78 is 5.29. The fourth-order valence-corrected chi connectivity index (χ4v) is 1.84. The third-order valence-electron chi connectivity index (χ3n) is 2.77. The maximum absolute atomic E-state index is 12.0. The third-order valence-corrected chi connectivity index (χ3v) is 2.77. The van der Waals surface area contributed by atoms with Gasteiger partial charge in [-0.25, -0.2) is 4.79 Å². The Kier molecular flexibility index (Phi) is 3.49. The van der Waals surface area contributed by atoms with E-state index < -0.39 is 0 Å². The first kappa shape index (κ1) is 11.7. The van der Waals surface area contributed by atoms with Crippen LogP contribution in [0.3, 0.4) is 0 Å². The lowest BCUT2D eigenvalue weighted by Gasteiger charge is -2.33. The van der Waals surface area contributed by atoms with Crippen LogP contribution in [-0.2, 0) is 4.74 Å². The zero-order valence-corrected chi connectivity index (χ0v) is 9.85. The predicted octanol–water partition coefficient (Wildman–Crippen LogP) is 1.52. The summed E-state index contributed by atoms with van der Waals surface area (Å²) in [6.07, 6.45) is 0. The number of amides is 2. The summed E-state index contributed by atoms with van der Waals surface area (Å²) in [6, 6.07) is 7.15. The van der Waals surface area contributed by atoms with E-state index in [-0.39, 0.29) is 12.1 Å². The lowest BCUT2D eigenvalue weighted by molar-refractivity contribution is 0.0222. The van der Waals surface area contributed by atoms with Crippen molar-refractivity contribution < 1.29 is 9.53 Å². The van der Waals surface area contributed by atoms with Crippen LogP contribution in [0, 0.1) is 0 Å². The standard InChI is InChI=1S/C12H17N3O2/c1-9-8-17-6-5-15(9)12(16)14-11-4-2-3-10(13)7-11/h2-4,7,9H,5-6,8,13H2,1H3,(H,14,16). The molecule has 1 aromatic rings. The van der Waals surface area contributed by atoms with Gasteiger partial charge in [-0.15, -0.1) is 0 Å². The molecule has 0 bridgehead atoms. The Balaban J connectivity index is 2.01. The zero-order chi connectivity index (χ0) is 12.3. The van der Waals surface area contributed by atoms with E-state index in [1.165, 1.54) is 0 Å². The van der Waals surface area contributed by atoms with E-state index in [9.17, 15) is 4.79 Å². The highest BCUT2D eigenvalue weighted by Crippen LogP contribution is 2.14. The van der Waals surface area contributed by atoms with Crippen molar-refractivity contribution >= 4 is 17.4 Å². The first-order chi connectivity index (χ1) is 8.16. The van der Waals surface area contributed by atoms with Crippen molar-refractivity contribution in [1.29, 1.82) is 0 Å². The number of benzene rings is 1. The van der Waals surface area contributed by atoms with Gasteiger partial charge in [0.15, 0.2) is 0 Å². The Morgan fingerprint density at radius 2 is 2.41 bits per heavy atom. The number of carbonyl (C=O) groups is 1. The van der Waals surface area contributed by atoms with Crippen molar-refractivity contribution in [3.63, 3.8) is 0 Å². The quantitative estimate of drug-likeness (QED) is 0.725. The normalized spacial score (nSPS) is 20.1. The summed E-state index contributed by atoms with van der Waals surface area (Å²) in [6.45, 7) is 3.77. The van der Waals surface area contributed by atoms with Gasteiger partial charge in [0.2, 0.25) is 0 Å². The molecule has 1 unspecified atom stereocenters. The van der Waals surface area contributed by atoms with Crippen LogP contribution in [0.25, 0.3) is 0 Å². The molecule has 3 N–H and O–H groups in total. The molecule has 92 valence electrons. The molecule has 1 atom stereocenters. The number of carbonyl (C=O) groups excluding carboxylic acids is 1. The summed E-state index contributed by atoms with van der Waals surface area (Å²) in [7, 11) is 0. The number of nitrogens with two attached hydrogens (primary N) is 1. The molecule has 1 fully saturated rings. The highest BCUT2D eigenvalue weighted by atomic mass is 16.5. The first-order valence-corrected chi connectivity index (χ1v) is 5.68. The number of ether oxygens (including phenoxy) is 1. The second-order valence-corrected chi connectivity index (χ2v) is 4.17. The minimum atomic E-state index is -0.105. The van der Waals surface area contributed by atoms with Crippen LogP contribution in [0.4, 0.5) is 16.2 Å². The number of nitrogens with one attached hydrogen (secondary N) is 1. The Morgan fingerprint density at radius 3 is 3.12 bits per heavy atom. The number of nitrogens with zero attached hydrogens (tertiary/aromatic N) is 1. The van der Waals surface area contributed by atoms with Gasteiger partial charge in [-0.2, -0.15) is 0 Å². The van der Waals surface area contributed by atoms with Crippen LogP contribution < -0.4 is 11.1 Å². The summed E-state index contributed by atoms with van der Waals surface area (Å²) in [4.78, 5) is 13.8. The lowest BCUT2D eigenvalue weighted by atomic mass is 10.2. The van der Waals surface area contributed by atoms with E-state index in [0.29, 0.717) is 31.1 Å². The topological polar surface area (TPSA) is 67.6 Å². The van der Waals surface area contributed by atoms with Gasteiger partial charge >= 0.3 is 6.03 Å². The van der Waals surface area contributed by atoms with Gasteiger partial charge in [0.1, 0.15) is 0 Å². The highest BCUT2D eigenvalue weighted by Gasteiger charge is 2.23. The SMILES string of the molecule is CC1COCCN1C(=O)Nc1cccc(N)c1. The Hall–Kier alpha value is -1.75. The van der Waals surface area contributed by atoms with Gasteiger partial charge in [-0.05, 0) is 25.1 Å². The van der Waals surface area contributed by atoms with E-state index in [1.54, 1.807) is 17.0 Å². The average molecular weight is 235 g/mol. The molecular formula is C12H17N3O2. The van der Waals surface area contributed by atoms with Gasteiger partial charge in [0, 0.05) is 17.9 Å². The molecule has 1 aromatic carbocycles. The molecule has 0 aromatic heterocycles. The molecular weight excluding hydrogens is 218 g/mol. The van der Waals surface area contributed by atoms with E-state index in [2.05, 4.69) is 5.32 Å². The minimum Gasteiger partial charge on any atom is -0.399 e. The van der Waals surface area contributed by atoms with E-state index in [4.69, 9.17) is 10.5 Å². The van der Waals surface area contributed by atoms with Gasteiger partial charge in [-0.1, -0.05) is 6.07 Å². The molecule has 1 aliphatic heterocycles. The van der Waals surface area contributed by atoms with Crippen molar-refractivity contribution in [2.75, 3.05) is 30.8 Å². The molecule has 5 heteroatoms. The summed E-state index contributed by atoms with van der Waals surface area (Å²) in [5.74, 6) is 0. The van der Waals surface area contributed by atoms with Crippen LogP contribution in [0.2, 0.25) is 0 Å². The van der Waals surface area contributed by atoms with Crippen molar-refractivity contribution in [2.24, 2.45) is 0 Å². The summed E-state index contributed by atoms with van der Waals surface area (Å²) in [5, 5.41) is 2.83. The first-order valence-electron chi connectivity index (χ1n) is 5.68. The van der Waals surface area contributed by atoms with Crippen LogP contribution in [0.1, 0.15) is 6.92 Å². The molecule has 0 spiro atoms. The second-order valence-electron chi connectivity index (χ2n) is 4.17. The van der Waals surface area contributed by atoms with E-state index in [0.717, 1.165) is 0 Å². The Morgan fingerprint density at radius 1 is 1.59 bits per heavy atom. The summed E-state index contributed by atoms with van der Waals surface area (Å²) in [5.41, 5.74) is 7.01. The number of anilines is 2. The zero-order valence-electron chi connectivity index (χ0n) is 9.85. The van der Waals surface area contributed by atoms with Crippen molar-refractivity contribution in [3.05, 3.63) is 24.3 Å². The molecule has 1 saturated heterocycles. The smallest absolute Gasteiger partial charge is 0.322 e. The van der Waals surface area contributed by atoms with E-state index in [1.807, 2.05) is 19.1 Å².